The second-order valence-electron chi connectivity index (χ2n) is 5.87. The van der Waals surface area contributed by atoms with Gasteiger partial charge in [0.2, 0.25) is 0 Å². The molecule has 2 aromatic carbocycles. The summed E-state index contributed by atoms with van der Waals surface area (Å²) < 4.78 is 29.5. The van der Waals surface area contributed by atoms with E-state index in [0.717, 1.165) is 16.7 Å². The van der Waals surface area contributed by atoms with E-state index in [2.05, 4.69) is 11.2 Å². The summed E-state index contributed by atoms with van der Waals surface area (Å²) in [6, 6.07) is 16.0. The number of benzene rings is 2. The van der Waals surface area contributed by atoms with E-state index >= 15 is 0 Å². The largest absolute Gasteiger partial charge is 0.358 e. The van der Waals surface area contributed by atoms with Crippen LogP contribution in [0, 0.1) is 25.2 Å². The SMILES string of the molecule is Cc1ccc(S(=O)(=O)O/N=C2\SC=C\C2=C(\C#N)c2ccccc2C)cc1. The first-order valence-electron chi connectivity index (χ1n) is 8.04. The quantitative estimate of drug-likeness (QED) is 0.559. The summed E-state index contributed by atoms with van der Waals surface area (Å²) in [5.41, 5.74) is 3.62. The van der Waals surface area contributed by atoms with Crippen LogP contribution in [0.2, 0.25) is 0 Å². The second kappa shape index (κ2) is 7.82. The minimum Gasteiger partial charge on any atom is -0.264 e. The molecule has 1 aliphatic rings. The Bertz CT molecular complexity index is 1110. The Morgan fingerprint density at radius 1 is 1.11 bits per heavy atom. The normalized spacial score (nSPS) is 17.0. The highest BCUT2D eigenvalue weighted by Gasteiger charge is 2.21. The van der Waals surface area contributed by atoms with E-state index in [1.54, 1.807) is 23.6 Å². The van der Waals surface area contributed by atoms with Crippen molar-refractivity contribution >= 4 is 32.5 Å². The molecule has 0 aromatic heterocycles. The molecule has 0 unspecified atom stereocenters. The summed E-state index contributed by atoms with van der Waals surface area (Å²) in [5.74, 6) is 0. The Morgan fingerprint density at radius 2 is 1.81 bits per heavy atom. The molecule has 2 aromatic rings. The van der Waals surface area contributed by atoms with E-state index in [1.807, 2.05) is 38.1 Å². The van der Waals surface area contributed by atoms with Gasteiger partial charge in [-0.3, -0.25) is 4.28 Å². The molecule has 136 valence electrons. The number of nitriles is 1. The molecule has 5 nitrogen and oxygen atoms in total. The van der Waals surface area contributed by atoms with Gasteiger partial charge in [0.15, 0.2) is 0 Å². The lowest BCUT2D eigenvalue weighted by Gasteiger charge is -2.07. The number of nitrogens with zero attached hydrogens (tertiary/aromatic N) is 2. The van der Waals surface area contributed by atoms with Gasteiger partial charge in [-0.25, -0.2) is 0 Å². The minimum atomic E-state index is -4.03. The molecule has 1 heterocycles. The number of allylic oxidation sites excluding steroid dienone is 2. The van der Waals surface area contributed by atoms with Crippen molar-refractivity contribution in [2.24, 2.45) is 5.16 Å². The molecule has 27 heavy (non-hydrogen) atoms. The lowest BCUT2D eigenvalue weighted by atomic mass is 9.97. The predicted molar refractivity (Wildman–Crippen MR) is 107 cm³/mol. The molecule has 0 radical (unpaired) electrons. The van der Waals surface area contributed by atoms with E-state index in [-0.39, 0.29) is 4.90 Å². The molecule has 0 aliphatic carbocycles. The van der Waals surface area contributed by atoms with Crippen LogP contribution in [0.15, 0.2) is 75.6 Å². The molecule has 0 saturated heterocycles. The molecule has 7 heteroatoms. The standard InChI is InChI=1S/C20H16N2O3S2/c1-14-7-9-16(10-8-14)27(23,24)25-22-20-18(11-12-26-20)19(13-21)17-6-4-3-5-15(17)2/h3-12H,1-2H3/b19-18+,22-20-. The Labute approximate surface area is 162 Å². The summed E-state index contributed by atoms with van der Waals surface area (Å²) in [5, 5.41) is 15.5. The third kappa shape index (κ3) is 4.13. The predicted octanol–water partition coefficient (Wildman–Crippen LogP) is 4.56. The van der Waals surface area contributed by atoms with Gasteiger partial charge in [0.25, 0.3) is 0 Å². The zero-order valence-corrected chi connectivity index (χ0v) is 16.3. The van der Waals surface area contributed by atoms with Crippen molar-refractivity contribution in [3.63, 3.8) is 0 Å². The van der Waals surface area contributed by atoms with Gasteiger partial charge in [-0.1, -0.05) is 58.9 Å². The van der Waals surface area contributed by atoms with Crippen molar-refractivity contribution in [2.75, 3.05) is 0 Å². The molecular weight excluding hydrogens is 380 g/mol. The maximum atomic E-state index is 12.3. The van der Waals surface area contributed by atoms with Gasteiger partial charge in [-0.2, -0.15) is 13.7 Å². The van der Waals surface area contributed by atoms with Crippen LogP contribution < -0.4 is 0 Å². The number of oxime groups is 1. The second-order valence-corrected chi connectivity index (χ2v) is 8.30. The summed E-state index contributed by atoms with van der Waals surface area (Å²) >= 11 is 1.20. The van der Waals surface area contributed by atoms with Crippen LogP contribution in [-0.4, -0.2) is 13.5 Å². The van der Waals surface area contributed by atoms with Crippen LogP contribution >= 0.6 is 11.8 Å². The Hall–Kier alpha value is -2.82. The minimum absolute atomic E-state index is 0.0262. The average Bonchev–Trinajstić information content (AvgIpc) is 3.11. The molecule has 0 atom stereocenters. The highest BCUT2D eigenvalue weighted by Crippen LogP contribution is 2.32. The molecule has 1 aliphatic heterocycles. The summed E-state index contributed by atoms with van der Waals surface area (Å²) in [4.78, 5) is 0.0262. The number of hydrogen-bond acceptors (Lipinski definition) is 6. The zero-order valence-electron chi connectivity index (χ0n) is 14.7. The van der Waals surface area contributed by atoms with E-state index in [0.29, 0.717) is 16.2 Å². The lowest BCUT2D eigenvalue weighted by molar-refractivity contribution is 0.340. The maximum absolute atomic E-state index is 12.3. The molecule has 0 fully saturated rings. The first kappa shape index (κ1) is 19.0. The van der Waals surface area contributed by atoms with Crippen LogP contribution in [0.5, 0.6) is 0 Å². The van der Waals surface area contributed by atoms with E-state index < -0.39 is 10.1 Å². The molecule has 0 bridgehead atoms. The maximum Gasteiger partial charge on any atom is 0.358 e. The molecule has 0 amide bonds. The fourth-order valence-electron chi connectivity index (χ4n) is 2.51. The van der Waals surface area contributed by atoms with Crippen LogP contribution in [0.25, 0.3) is 5.57 Å². The van der Waals surface area contributed by atoms with E-state index in [1.165, 1.54) is 23.9 Å². The average molecular weight is 396 g/mol. The summed E-state index contributed by atoms with van der Waals surface area (Å²) in [6.07, 6.45) is 1.73. The molecular formula is C20H16N2O3S2. The molecule has 0 spiro atoms. The third-order valence-corrected chi connectivity index (χ3v) is 5.88. The Kier molecular flexibility index (Phi) is 5.49. The van der Waals surface area contributed by atoms with Crippen molar-refractivity contribution < 1.29 is 12.7 Å². The highest BCUT2D eigenvalue weighted by molar-refractivity contribution is 8.17. The number of thioether (sulfide) groups is 1. The molecule has 0 N–H and O–H groups in total. The smallest absolute Gasteiger partial charge is 0.264 e. The van der Waals surface area contributed by atoms with Gasteiger partial charge in [0, 0.05) is 5.57 Å². The summed E-state index contributed by atoms with van der Waals surface area (Å²) in [6.45, 7) is 3.78. The fraction of sp³-hybridized carbons (Fsp3) is 0.100. The topological polar surface area (TPSA) is 79.5 Å². The summed E-state index contributed by atoms with van der Waals surface area (Å²) in [7, 11) is -4.03. The van der Waals surface area contributed by atoms with Gasteiger partial charge in [-0.15, -0.1) is 0 Å². The van der Waals surface area contributed by atoms with Crippen molar-refractivity contribution in [1.82, 2.24) is 0 Å². The number of aryl methyl sites for hydroxylation is 2. The van der Waals surface area contributed by atoms with Crippen molar-refractivity contribution in [2.45, 2.75) is 18.7 Å². The zero-order chi connectivity index (χ0) is 19.4. The monoisotopic (exact) mass is 396 g/mol. The first-order valence-corrected chi connectivity index (χ1v) is 10.3. The highest BCUT2D eigenvalue weighted by atomic mass is 32.2. The van der Waals surface area contributed by atoms with Gasteiger partial charge in [0.1, 0.15) is 16.0 Å². The lowest BCUT2D eigenvalue weighted by Crippen LogP contribution is -2.05. The Morgan fingerprint density at radius 3 is 2.48 bits per heavy atom. The van der Waals surface area contributed by atoms with Crippen LogP contribution in [-0.2, 0) is 14.4 Å². The molecule has 0 saturated carbocycles. The van der Waals surface area contributed by atoms with Gasteiger partial charge in [0.05, 0.1) is 5.57 Å². The van der Waals surface area contributed by atoms with Crippen LogP contribution in [0.4, 0.5) is 0 Å². The van der Waals surface area contributed by atoms with Crippen LogP contribution in [0.1, 0.15) is 16.7 Å². The van der Waals surface area contributed by atoms with E-state index in [9.17, 15) is 13.7 Å². The number of rotatable bonds is 4. The molecule has 3 rings (SSSR count). The fourth-order valence-corrected chi connectivity index (χ4v) is 4.00. The Balaban J connectivity index is 1.96. The van der Waals surface area contributed by atoms with Gasteiger partial charge in [-0.05, 0) is 48.6 Å². The first-order chi connectivity index (χ1) is 12.9. The number of hydrogen-bond donors (Lipinski definition) is 0. The van der Waals surface area contributed by atoms with Gasteiger partial charge < -0.3 is 0 Å². The van der Waals surface area contributed by atoms with Crippen LogP contribution in [0.3, 0.4) is 0 Å². The third-order valence-electron chi connectivity index (χ3n) is 3.97. The van der Waals surface area contributed by atoms with Crippen molar-refractivity contribution in [3.8, 4) is 6.07 Å². The van der Waals surface area contributed by atoms with Crippen molar-refractivity contribution in [3.05, 3.63) is 82.3 Å². The van der Waals surface area contributed by atoms with E-state index in [4.69, 9.17) is 4.28 Å². The van der Waals surface area contributed by atoms with Gasteiger partial charge >= 0.3 is 10.1 Å². The van der Waals surface area contributed by atoms with Crippen molar-refractivity contribution in [1.29, 1.82) is 5.26 Å².